The summed E-state index contributed by atoms with van der Waals surface area (Å²) in [7, 11) is 4.96. The zero-order chi connectivity index (χ0) is 13.5. The summed E-state index contributed by atoms with van der Waals surface area (Å²) in [4.78, 5) is 0. The second kappa shape index (κ2) is 7.61. The average Bonchev–Trinajstić information content (AvgIpc) is 2.37. The first-order chi connectivity index (χ1) is 8.62. The third-order valence-electron chi connectivity index (χ3n) is 2.61. The average molecular weight is 318 g/mol. The van der Waals surface area contributed by atoms with Crippen molar-refractivity contribution >= 4 is 15.9 Å². The predicted molar refractivity (Wildman–Crippen MR) is 75.4 cm³/mol. The molecule has 0 aromatic heterocycles. The highest BCUT2D eigenvalue weighted by atomic mass is 79.9. The summed E-state index contributed by atoms with van der Waals surface area (Å²) in [6.45, 7) is 3.51. The first kappa shape index (κ1) is 15.3. The molecule has 0 saturated heterocycles. The molecule has 0 radical (unpaired) electrons. The lowest BCUT2D eigenvalue weighted by atomic mass is 10.2. The molecule has 0 aliphatic heterocycles. The van der Waals surface area contributed by atoms with E-state index in [4.69, 9.17) is 14.2 Å². The molecule has 0 saturated carbocycles. The molecule has 1 rings (SSSR count). The standard InChI is InChI=1S/C13H20BrNO3/c1-9(8-16-2)15-7-10-5-12(17-3)13(18-4)6-11(10)14/h5-6,9,15H,7-8H2,1-4H3/t9-/m1/s1. The molecule has 1 aromatic carbocycles. The fraction of sp³-hybridized carbons (Fsp3) is 0.538. The van der Waals surface area contributed by atoms with Gasteiger partial charge in [0.25, 0.3) is 0 Å². The van der Waals surface area contributed by atoms with Crippen LogP contribution in [0.15, 0.2) is 16.6 Å². The highest BCUT2D eigenvalue weighted by Crippen LogP contribution is 2.33. The van der Waals surface area contributed by atoms with Crippen molar-refractivity contribution in [1.82, 2.24) is 5.32 Å². The van der Waals surface area contributed by atoms with Gasteiger partial charge in [0.15, 0.2) is 11.5 Å². The SMILES string of the molecule is COC[C@@H](C)NCc1cc(OC)c(OC)cc1Br. The van der Waals surface area contributed by atoms with Crippen LogP contribution >= 0.6 is 15.9 Å². The van der Waals surface area contributed by atoms with Crippen molar-refractivity contribution < 1.29 is 14.2 Å². The van der Waals surface area contributed by atoms with E-state index < -0.39 is 0 Å². The van der Waals surface area contributed by atoms with Gasteiger partial charge in [0.2, 0.25) is 0 Å². The van der Waals surface area contributed by atoms with Crippen LogP contribution < -0.4 is 14.8 Å². The van der Waals surface area contributed by atoms with Gasteiger partial charge in [-0.1, -0.05) is 15.9 Å². The Balaban J connectivity index is 2.76. The molecule has 0 aliphatic carbocycles. The van der Waals surface area contributed by atoms with E-state index in [0.717, 1.165) is 28.1 Å². The van der Waals surface area contributed by atoms with Crippen molar-refractivity contribution in [3.63, 3.8) is 0 Å². The van der Waals surface area contributed by atoms with Crippen LogP contribution in [-0.4, -0.2) is 34.0 Å². The van der Waals surface area contributed by atoms with Gasteiger partial charge in [-0.3, -0.25) is 0 Å². The van der Waals surface area contributed by atoms with Crippen LogP contribution in [0.25, 0.3) is 0 Å². The van der Waals surface area contributed by atoms with E-state index in [-0.39, 0.29) is 0 Å². The fourth-order valence-corrected chi connectivity index (χ4v) is 2.09. The second-order valence-electron chi connectivity index (χ2n) is 4.04. The van der Waals surface area contributed by atoms with Crippen LogP contribution in [0.1, 0.15) is 12.5 Å². The lowest BCUT2D eigenvalue weighted by Crippen LogP contribution is -2.29. The Kier molecular flexibility index (Phi) is 6.46. The smallest absolute Gasteiger partial charge is 0.161 e. The summed E-state index contributed by atoms with van der Waals surface area (Å²) in [5.41, 5.74) is 1.12. The molecule has 0 fully saturated rings. The minimum atomic E-state index is 0.301. The minimum absolute atomic E-state index is 0.301. The molecule has 5 heteroatoms. The predicted octanol–water partition coefficient (Wildman–Crippen LogP) is 2.59. The van der Waals surface area contributed by atoms with Gasteiger partial charge in [0.1, 0.15) is 0 Å². The number of ether oxygens (including phenoxy) is 3. The number of hydrogen-bond donors (Lipinski definition) is 1. The van der Waals surface area contributed by atoms with Gasteiger partial charge in [-0.2, -0.15) is 0 Å². The largest absolute Gasteiger partial charge is 0.493 e. The molecule has 1 atom stereocenters. The quantitative estimate of drug-likeness (QED) is 0.839. The normalized spacial score (nSPS) is 12.3. The summed E-state index contributed by atoms with van der Waals surface area (Å²) >= 11 is 3.53. The van der Waals surface area contributed by atoms with Gasteiger partial charge < -0.3 is 19.5 Å². The molecule has 18 heavy (non-hydrogen) atoms. The molecular formula is C13H20BrNO3. The number of rotatable bonds is 7. The Hall–Kier alpha value is -0.780. The van der Waals surface area contributed by atoms with Gasteiger partial charge in [-0.05, 0) is 24.6 Å². The summed E-state index contributed by atoms with van der Waals surface area (Å²) < 4.78 is 16.6. The Morgan fingerprint density at radius 1 is 1.17 bits per heavy atom. The van der Waals surface area contributed by atoms with Crippen molar-refractivity contribution in [3.8, 4) is 11.5 Å². The van der Waals surface area contributed by atoms with Crippen LogP contribution in [0, 0.1) is 0 Å². The van der Waals surface area contributed by atoms with E-state index in [1.165, 1.54) is 0 Å². The van der Waals surface area contributed by atoms with Gasteiger partial charge in [-0.15, -0.1) is 0 Å². The molecule has 0 heterocycles. The molecule has 0 aliphatic rings. The number of methoxy groups -OCH3 is 3. The molecule has 4 nitrogen and oxygen atoms in total. The maximum atomic E-state index is 5.29. The molecule has 1 N–H and O–H groups in total. The van der Waals surface area contributed by atoms with Gasteiger partial charge in [0.05, 0.1) is 20.8 Å². The van der Waals surface area contributed by atoms with E-state index in [1.54, 1.807) is 21.3 Å². The molecule has 0 spiro atoms. The summed E-state index contributed by atoms with van der Waals surface area (Å²) in [5.74, 6) is 1.45. The van der Waals surface area contributed by atoms with E-state index in [2.05, 4.69) is 28.2 Å². The van der Waals surface area contributed by atoms with Gasteiger partial charge >= 0.3 is 0 Å². The Morgan fingerprint density at radius 3 is 2.33 bits per heavy atom. The fourth-order valence-electron chi connectivity index (χ4n) is 1.62. The van der Waals surface area contributed by atoms with Crippen LogP contribution in [0.5, 0.6) is 11.5 Å². The summed E-state index contributed by atoms with van der Waals surface area (Å²) in [5, 5.41) is 3.38. The summed E-state index contributed by atoms with van der Waals surface area (Å²) in [6, 6.07) is 4.18. The highest BCUT2D eigenvalue weighted by Gasteiger charge is 2.10. The monoisotopic (exact) mass is 317 g/mol. The zero-order valence-corrected chi connectivity index (χ0v) is 12.8. The first-order valence-electron chi connectivity index (χ1n) is 5.75. The number of benzene rings is 1. The molecule has 1 aromatic rings. The number of halogens is 1. The van der Waals surface area contributed by atoms with E-state index in [9.17, 15) is 0 Å². The van der Waals surface area contributed by atoms with Gasteiger partial charge in [0, 0.05) is 24.2 Å². The van der Waals surface area contributed by atoms with E-state index in [0.29, 0.717) is 12.6 Å². The maximum Gasteiger partial charge on any atom is 0.161 e. The first-order valence-corrected chi connectivity index (χ1v) is 6.54. The van der Waals surface area contributed by atoms with Crippen molar-refractivity contribution in [1.29, 1.82) is 0 Å². The maximum absolute atomic E-state index is 5.29. The Labute approximate surface area is 117 Å². The van der Waals surface area contributed by atoms with Crippen molar-refractivity contribution in [2.24, 2.45) is 0 Å². The Morgan fingerprint density at radius 2 is 1.78 bits per heavy atom. The Bertz CT molecular complexity index is 385. The molecule has 102 valence electrons. The van der Waals surface area contributed by atoms with Crippen molar-refractivity contribution in [2.75, 3.05) is 27.9 Å². The molecule has 0 amide bonds. The number of hydrogen-bond acceptors (Lipinski definition) is 4. The zero-order valence-electron chi connectivity index (χ0n) is 11.2. The third-order valence-corrected chi connectivity index (χ3v) is 3.35. The summed E-state index contributed by atoms with van der Waals surface area (Å²) in [6.07, 6.45) is 0. The highest BCUT2D eigenvalue weighted by molar-refractivity contribution is 9.10. The lowest BCUT2D eigenvalue weighted by molar-refractivity contribution is 0.171. The second-order valence-corrected chi connectivity index (χ2v) is 4.89. The molecule has 0 unspecified atom stereocenters. The van der Waals surface area contributed by atoms with Crippen molar-refractivity contribution in [3.05, 3.63) is 22.2 Å². The van der Waals surface area contributed by atoms with Crippen LogP contribution in [0.4, 0.5) is 0 Å². The van der Waals surface area contributed by atoms with Crippen LogP contribution in [0.3, 0.4) is 0 Å². The van der Waals surface area contributed by atoms with E-state index >= 15 is 0 Å². The molecular weight excluding hydrogens is 298 g/mol. The third kappa shape index (κ3) is 4.15. The number of nitrogens with one attached hydrogen (secondary N) is 1. The van der Waals surface area contributed by atoms with E-state index in [1.807, 2.05) is 12.1 Å². The van der Waals surface area contributed by atoms with Gasteiger partial charge in [-0.25, -0.2) is 0 Å². The van der Waals surface area contributed by atoms with Crippen LogP contribution in [-0.2, 0) is 11.3 Å². The minimum Gasteiger partial charge on any atom is -0.493 e. The lowest BCUT2D eigenvalue weighted by Gasteiger charge is -2.15. The van der Waals surface area contributed by atoms with Crippen LogP contribution in [0.2, 0.25) is 0 Å². The van der Waals surface area contributed by atoms with Crippen molar-refractivity contribution in [2.45, 2.75) is 19.5 Å². The molecule has 0 bridgehead atoms. The topological polar surface area (TPSA) is 39.7 Å².